The smallest absolute Gasteiger partial charge is 0.200 e. The number of halogens is 1. The Labute approximate surface area is 104 Å². The van der Waals surface area contributed by atoms with Crippen LogP contribution in [0.3, 0.4) is 0 Å². The first kappa shape index (κ1) is 10.7. The van der Waals surface area contributed by atoms with Crippen molar-refractivity contribution in [1.82, 2.24) is 25.3 Å². The first-order valence-electron chi connectivity index (χ1n) is 5.68. The molecule has 7 heteroatoms. The van der Waals surface area contributed by atoms with Gasteiger partial charge in [-0.3, -0.25) is 0 Å². The number of alkyl halides is 1. The van der Waals surface area contributed by atoms with Crippen molar-refractivity contribution in [1.29, 1.82) is 0 Å². The Hall–Kier alpha value is -1.43. The van der Waals surface area contributed by atoms with E-state index in [1.165, 1.54) is 4.63 Å². The van der Waals surface area contributed by atoms with E-state index in [-0.39, 0.29) is 5.38 Å². The van der Waals surface area contributed by atoms with E-state index in [4.69, 9.17) is 11.6 Å². The highest BCUT2D eigenvalue weighted by Gasteiger charge is 2.25. The minimum Gasteiger partial charge on any atom is -0.354 e. The number of rotatable bonds is 1. The quantitative estimate of drug-likeness (QED) is 0.708. The van der Waals surface area contributed by atoms with Crippen LogP contribution in [0.25, 0.3) is 5.65 Å². The van der Waals surface area contributed by atoms with E-state index >= 15 is 0 Å². The average molecular weight is 253 g/mol. The van der Waals surface area contributed by atoms with Crippen LogP contribution in [-0.4, -0.2) is 43.7 Å². The number of piperidine rings is 1. The number of hydrogen-bond donors (Lipinski definition) is 0. The zero-order chi connectivity index (χ0) is 11.8. The molecule has 2 unspecified atom stereocenters. The van der Waals surface area contributed by atoms with E-state index < -0.39 is 0 Å². The van der Waals surface area contributed by atoms with E-state index in [9.17, 15) is 0 Å². The summed E-state index contributed by atoms with van der Waals surface area (Å²) < 4.78 is 1.44. The Morgan fingerprint density at radius 1 is 1.41 bits per heavy atom. The van der Waals surface area contributed by atoms with Gasteiger partial charge < -0.3 is 4.90 Å². The lowest BCUT2D eigenvalue weighted by molar-refractivity contribution is 0.442. The molecule has 2 atom stereocenters. The van der Waals surface area contributed by atoms with Gasteiger partial charge in [0.25, 0.3) is 0 Å². The summed E-state index contributed by atoms with van der Waals surface area (Å²) in [6.45, 7) is 3.99. The third-order valence-electron chi connectivity index (χ3n) is 3.25. The Kier molecular flexibility index (Phi) is 2.58. The second-order valence-electron chi connectivity index (χ2n) is 4.45. The van der Waals surface area contributed by atoms with Crippen LogP contribution >= 0.6 is 11.6 Å². The van der Waals surface area contributed by atoms with Gasteiger partial charge >= 0.3 is 0 Å². The van der Waals surface area contributed by atoms with Crippen molar-refractivity contribution in [3.8, 4) is 0 Å². The molecule has 1 saturated heterocycles. The summed E-state index contributed by atoms with van der Waals surface area (Å²) in [5.41, 5.74) is 0.654. The fourth-order valence-electron chi connectivity index (χ4n) is 2.04. The molecule has 0 radical (unpaired) electrons. The van der Waals surface area contributed by atoms with E-state index in [0.29, 0.717) is 11.6 Å². The molecular weight excluding hydrogens is 240 g/mol. The first-order chi connectivity index (χ1) is 8.24. The van der Waals surface area contributed by atoms with Gasteiger partial charge in [-0.05, 0) is 34.9 Å². The molecule has 0 bridgehead atoms. The second-order valence-corrected chi connectivity index (χ2v) is 5.01. The summed E-state index contributed by atoms with van der Waals surface area (Å²) in [6, 6.07) is 3.80. The van der Waals surface area contributed by atoms with Crippen LogP contribution in [-0.2, 0) is 0 Å². The van der Waals surface area contributed by atoms with Crippen LogP contribution in [0.4, 0.5) is 5.82 Å². The summed E-state index contributed by atoms with van der Waals surface area (Å²) >= 11 is 6.29. The first-order valence-corrected chi connectivity index (χ1v) is 6.12. The van der Waals surface area contributed by atoms with Crippen molar-refractivity contribution < 1.29 is 0 Å². The summed E-state index contributed by atoms with van der Waals surface area (Å²) in [6.07, 6.45) is 1.09. The maximum atomic E-state index is 6.29. The molecule has 2 aromatic rings. The van der Waals surface area contributed by atoms with Crippen molar-refractivity contribution >= 4 is 23.1 Å². The zero-order valence-corrected chi connectivity index (χ0v) is 10.2. The molecule has 0 saturated carbocycles. The van der Waals surface area contributed by atoms with E-state index in [0.717, 1.165) is 25.3 Å². The molecule has 0 amide bonds. The number of tetrazole rings is 1. The standard InChI is InChI=1S/C10H13ClN6/c1-7-4-5-16(6-8(7)11)10-3-2-9-12-14-15-17(9)13-10/h2-3,7-8H,4-6H2,1H3. The second kappa shape index (κ2) is 4.10. The highest BCUT2D eigenvalue weighted by Crippen LogP contribution is 2.24. The van der Waals surface area contributed by atoms with Gasteiger partial charge in [0, 0.05) is 13.1 Å². The van der Waals surface area contributed by atoms with Crippen LogP contribution in [0, 0.1) is 5.92 Å². The predicted molar refractivity (Wildman–Crippen MR) is 64.2 cm³/mol. The molecule has 2 aromatic heterocycles. The van der Waals surface area contributed by atoms with Gasteiger partial charge in [0.2, 0.25) is 0 Å². The molecule has 1 aliphatic rings. The fourth-order valence-corrected chi connectivity index (χ4v) is 2.33. The van der Waals surface area contributed by atoms with Gasteiger partial charge in [0.05, 0.1) is 5.38 Å². The minimum absolute atomic E-state index is 0.176. The van der Waals surface area contributed by atoms with Crippen LogP contribution in [0.2, 0.25) is 0 Å². The van der Waals surface area contributed by atoms with Gasteiger partial charge in [0.15, 0.2) is 11.5 Å². The molecule has 0 spiro atoms. The molecule has 3 rings (SSSR count). The largest absolute Gasteiger partial charge is 0.354 e. The molecule has 1 aliphatic heterocycles. The Balaban J connectivity index is 1.88. The molecule has 3 heterocycles. The lowest BCUT2D eigenvalue weighted by atomic mass is 9.99. The average Bonchev–Trinajstić information content (AvgIpc) is 2.79. The molecule has 0 aliphatic carbocycles. The van der Waals surface area contributed by atoms with Crippen LogP contribution in [0.5, 0.6) is 0 Å². The van der Waals surface area contributed by atoms with Crippen molar-refractivity contribution in [3.63, 3.8) is 0 Å². The van der Waals surface area contributed by atoms with Gasteiger partial charge in [-0.15, -0.1) is 26.4 Å². The number of fused-ring (bicyclic) bond motifs is 1. The third kappa shape index (κ3) is 1.93. The molecule has 0 aromatic carbocycles. The fraction of sp³-hybridized carbons (Fsp3) is 0.600. The van der Waals surface area contributed by atoms with Crippen molar-refractivity contribution in [2.24, 2.45) is 5.92 Å². The van der Waals surface area contributed by atoms with Gasteiger partial charge in [0.1, 0.15) is 0 Å². The minimum atomic E-state index is 0.176. The number of hydrogen-bond acceptors (Lipinski definition) is 5. The number of aromatic nitrogens is 5. The summed E-state index contributed by atoms with van der Waals surface area (Å²) in [5, 5.41) is 15.7. The highest BCUT2D eigenvalue weighted by atomic mass is 35.5. The maximum absolute atomic E-state index is 6.29. The van der Waals surface area contributed by atoms with Crippen LogP contribution in [0.15, 0.2) is 12.1 Å². The SMILES string of the molecule is CC1CCN(c2ccc3nnnn3n2)CC1Cl. The monoisotopic (exact) mass is 252 g/mol. The number of anilines is 1. The molecule has 0 N–H and O–H groups in total. The Morgan fingerprint density at radius 3 is 3.12 bits per heavy atom. The van der Waals surface area contributed by atoms with Gasteiger partial charge in [-0.25, -0.2) is 0 Å². The van der Waals surface area contributed by atoms with E-state index in [2.05, 4.69) is 32.4 Å². The van der Waals surface area contributed by atoms with Crippen molar-refractivity contribution in [2.45, 2.75) is 18.7 Å². The van der Waals surface area contributed by atoms with Crippen molar-refractivity contribution in [3.05, 3.63) is 12.1 Å². The van der Waals surface area contributed by atoms with Crippen molar-refractivity contribution in [2.75, 3.05) is 18.0 Å². The predicted octanol–water partition coefficient (Wildman–Crippen LogP) is 0.973. The lowest BCUT2D eigenvalue weighted by Crippen LogP contribution is -2.41. The lowest BCUT2D eigenvalue weighted by Gasteiger charge is -2.34. The normalized spacial score (nSPS) is 25.4. The van der Waals surface area contributed by atoms with Gasteiger partial charge in [-0.2, -0.15) is 0 Å². The maximum Gasteiger partial charge on any atom is 0.200 e. The molecule has 17 heavy (non-hydrogen) atoms. The highest BCUT2D eigenvalue weighted by molar-refractivity contribution is 6.21. The summed E-state index contributed by atoms with van der Waals surface area (Å²) in [5.74, 6) is 1.44. The molecule has 90 valence electrons. The Bertz CT molecular complexity index is 526. The zero-order valence-electron chi connectivity index (χ0n) is 9.49. The van der Waals surface area contributed by atoms with Crippen LogP contribution in [0.1, 0.15) is 13.3 Å². The molecular formula is C10H13ClN6. The summed E-state index contributed by atoms with van der Waals surface area (Å²) in [4.78, 5) is 2.18. The van der Waals surface area contributed by atoms with Gasteiger partial charge in [-0.1, -0.05) is 6.92 Å². The van der Waals surface area contributed by atoms with E-state index in [1.807, 2.05) is 12.1 Å². The summed E-state index contributed by atoms with van der Waals surface area (Å²) in [7, 11) is 0. The Morgan fingerprint density at radius 2 is 2.29 bits per heavy atom. The topological polar surface area (TPSA) is 59.2 Å². The molecule has 6 nitrogen and oxygen atoms in total. The van der Waals surface area contributed by atoms with E-state index in [1.54, 1.807) is 0 Å². The molecule has 1 fully saturated rings. The van der Waals surface area contributed by atoms with Crippen LogP contribution < -0.4 is 4.90 Å². The number of nitrogens with zero attached hydrogens (tertiary/aromatic N) is 6. The third-order valence-corrected chi connectivity index (χ3v) is 3.81.